The molecule has 1 N–H and O–H groups in total. The summed E-state index contributed by atoms with van der Waals surface area (Å²) < 4.78 is 10.9. The summed E-state index contributed by atoms with van der Waals surface area (Å²) in [6.07, 6.45) is 1.81. The summed E-state index contributed by atoms with van der Waals surface area (Å²) in [5.74, 6) is -0.125. The number of aromatic nitrogens is 1. The van der Waals surface area contributed by atoms with Crippen LogP contribution in [0, 0.1) is 0 Å². The fourth-order valence-corrected chi connectivity index (χ4v) is 2.39. The third kappa shape index (κ3) is 4.68. The fourth-order valence-electron chi connectivity index (χ4n) is 2.39. The van der Waals surface area contributed by atoms with Crippen LogP contribution in [0.4, 0.5) is 0 Å². The lowest BCUT2D eigenvalue weighted by Gasteiger charge is -2.31. The SMILES string of the molecule is CCOCCOC1CCN(C(=O)c2cccc(=O)[nH]2)CC1. The maximum absolute atomic E-state index is 12.3. The number of piperidine rings is 1. The topological polar surface area (TPSA) is 71.6 Å². The highest BCUT2D eigenvalue weighted by Gasteiger charge is 2.24. The molecular formula is C15H22N2O4. The number of carbonyl (C=O) groups is 1. The maximum Gasteiger partial charge on any atom is 0.270 e. The molecule has 0 spiro atoms. The molecule has 116 valence electrons. The average Bonchev–Trinajstić information content (AvgIpc) is 2.51. The Morgan fingerprint density at radius 3 is 2.76 bits per heavy atom. The quantitative estimate of drug-likeness (QED) is 0.796. The molecule has 1 amide bonds. The molecule has 1 aromatic rings. The van der Waals surface area contributed by atoms with E-state index in [1.807, 2.05) is 6.92 Å². The summed E-state index contributed by atoms with van der Waals surface area (Å²) in [7, 11) is 0. The molecule has 1 aromatic heterocycles. The van der Waals surface area contributed by atoms with Crippen LogP contribution in [0.15, 0.2) is 23.0 Å². The van der Waals surface area contributed by atoms with Crippen LogP contribution in [0.25, 0.3) is 0 Å². The molecule has 1 saturated heterocycles. The molecule has 0 saturated carbocycles. The van der Waals surface area contributed by atoms with Crippen LogP contribution in [-0.4, -0.2) is 54.8 Å². The minimum absolute atomic E-state index is 0.125. The number of nitrogens with one attached hydrogen (secondary N) is 1. The third-order valence-corrected chi connectivity index (χ3v) is 3.51. The van der Waals surface area contributed by atoms with E-state index in [0.29, 0.717) is 38.6 Å². The summed E-state index contributed by atoms with van der Waals surface area (Å²) >= 11 is 0. The molecule has 2 heterocycles. The number of aromatic amines is 1. The van der Waals surface area contributed by atoms with Crippen molar-refractivity contribution in [3.05, 3.63) is 34.2 Å². The van der Waals surface area contributed by atoms with E-state index in [-0.39, 0.29) is 17.6 Å². The standard InChI is InChI=1S/C15H22N2O4/c1-2-20-10-11-21-12-6-8-17(9-7-12)15(19)13-4-3-5-14(18)16-13/h3-5,12H,2,6-11H2,1H3,(H,16,18). The van der Waals surface area contributed by atoms with E-state index >= 15 is 0 Å². The van der Waals surface area contributed by atoms with Crippen molar-refractivity contribution in [1.82, 2.24) is 9.88 Å². The average molecular weight is 294 g/mol. The van der Waals surface area contributed by atoms with Crippen LogP contribution < -0.4 is 5.56 Å². The monoisotopic (exact) mass is 294 g/mol. The number of amides is 1. The summed E-state index contributed by atoms with van der Waals surface area (Å²) in [6, 6.07) is 4.62. The second-order valence-electron chi connectivity index (χ2n) is 4.99. The molecule has 1 fully saturated rings. The van der Waals surface area contributed by atoms with Gasteiger partial charge in [0.05, 0.1) is 19.3 Å². The van der Waals surface area contributed by atoms with Gasteiger partial charge in [-0.3, -0.25) is 9.59 Å². The van der Waals surface area contributed by atoms with Crippen LogP contribution in [0.5, 0.6) is 0 Å². The van der Waals surface area contributed by atoms with Crippen molar-refractivity contribution >= 4 is 5.91 Å². The van der Waals surface area contributed by atoms with Gasteiger partial charge in [0.1, 0.15) is 5.69 Å². The van der Waals surface area contributed by atoms with Gasteiger partial charge in [0, 0.05) is 25.8 Å². The van der Waals surface area contributed by atoms with Crippen LogP contribution in [0.2, 0.25) is 0 Å². The first-order chi connectivity index (χ1) is 10.2. The second-order valence-corrected chi connectivity index (χ2v) is 4.99. The van der Waals surface area contributed by atoms with E-state index in [2.05, 4.69) is 4.98 Å². The first-order valence-corrected chi connectivity index (χ1v) is 7.38. The van der Waals surface area contributed by atoms with Gasteiger partial charge >= 0.3 is 0 Å². The Morgan fingerprint density at radius 2 is 2.10 bits per heavy atom. The molecule has 6 heteroatoms. The largest absolute Gasteiger partial charge is 0.379 e. The summed E-state index contributed by atoms with van der Waals surface area (Å²) in [5.41, 5.74) is 0.0909. The Hall–Kier alpha value is -1.66. The van der Waals surface area contributed by atoms with Crippen LogP contribution in [0.1, 0.15) is 30.3 Å². The number of H-pyrrole nitrogens is 1. The molecule has 0 radical (unpaired) electrons. The maximum atomic E-state index is 12.3. The van der Waals surface area contributed by atoms with Gasteiger partial charge in [-0.05, 0) is 25.8 Å². The highest BCUT2D eigenvalue weighted by molar-refractivity contribution is 5.92. The number of pyridine rings is 1. The zero-order valence-corrected chi connectivity index (χ0v) is 12.3. The predicted octanol–water partition coefficient (Wildman–Crippen LogP) is 1.03. The van der Waals surface area contributed by atoms with E-state index in [9.17, 15) is 9.59 Å². The Kier molecular flexibility index (Phi) is 5.95. The first-order valence-electron chi connectivity index (χ1n) is 7.38. The molecule has 21 heavy (non-hydrogen) atoms. The zero-order valence-electron chi connectivity index (χ0n) is 12.3. The molecule has 1 aliphatic heterocycles. The first kappa shape index (κ1) is 15.7. The zero-order chi connectivity index (χ0) is 15.1. The molecule has 2 rings (SSSR count). The predicted molar refractivity (Wildman–Crippen MR) is 78.4 cm³/mol. The van der Waals surface area contributed by atoms with Gasteiger partial charge in [0.2, 0.25) is 5.56 Å². The van der Waals surface area contributed by atoms with Crippen molar-refractivity contribution < 1.29 is 14.3 Å². The van der Waals surface area contributed by atoms with Gasteiger partial charge in [-0.25, -0.2) is 0 Å². The highest BCUT2D eigenvalue weighted by Crippen LogP contribution is 2.15. The normalized spacial score (nSPS) is 16.1. The number of likely N-dealkylation sites (tertiary alicyclic amines) is 1. The molecule has 6 nitrogen and oxygen atoms in total. The van der Waals surface area contributed by atoms with Gasteiger partial charge < -0.3 is 19.4 Å². The third-order valence-electron chi connectivity index (χ3n) is 3.51. The van der Waals surface area contributed by atoms with Crippen molar-refractivity contribution in [3.8, 4) is 0 Å². The van der Waals surface area contributed by atoms with E-state index in [4.69, 9.17) is 9.47 Å². The number of hydrogen-bond acceptors (Lipinski definition) is 4. The Morgan fingerprint density at radius 1 is 1.33 bits per heavy atom. The van der Waals surface area contributed by atoms with Gasteiger partial charge in [-0.2, -0.15) is 0 Å². The number of rotatable bonds is 6. The molecule has 0 aromatic carbocycles. The van der Waals surface area contributed by atoms with Crippen LogP contribution in [0.3, 0.4) is 0 Å². The lowest BCUT2D eigenvalue weighted by molar-refractivity contribution is -0.0183. The molecule has 1 aliphatic rings. The van der Waals surface area contributed by atoms with Gasteiger partial charge in [0.15, 0.2) is 0 Å². The second kappa shape index (κ2) is 7.95. The fraction of sp³-hybridized carbons (Fsp3) is 0.600. The smallest absolute Gasteiger partial charge is 0.270 e. The van der Waals surface area contributed by atoms with Crippen molar-refractivity contribution in [2.75, 3.05) is 32.9 Å². The minimum atomic E-state index is -0.255. The Balaban J connectivity index is 1.78. The number of hydrogen-bond donors (Lipinski definition) is 1. The Bertz CT molecular complexity index is 506. The van der Waals surface area contributed by atoms with E-state index < -0.39 is 0 Å². The molecule has 0 unspecified atom stereocenters. The summed E-state index contributed by atoms with van der Waals surface area (Å²) in [4.78, 5) is 27.8. The van der Waals surface area contributed by atoms with Crippen LogP contribution >= 0.6 is 0 Å². The van der Waals surface area contributed by atoms with Crippen LogP contribution in [-0.2, 0) is 9.47 Å². The van der Waals surface area contributed by atoms with E-state index in [1.54, 1.807) is 17.0 Å². The van der Waals surface area contributed by atoms with Crippen molar-refractivity contribution in [1.29, 1.82) is 0 Å². The Labute approximate surface area is 124 Å². The number of carbonyl (C=O) groups excluding carboxylic acids is 1. The van der Waals surface area contributed by atoms with Crippen molar-refractivity contribution in [3.63, 3.8) is 0 Å². The summed E-state index contributed by atoms with van der Waals surface area (Å²) in [5, 5.41) is 0. The van der Waals surface area contributed by atoms with Gasteiger partial charge in [0.25, 0.3) is 5.91 Å². The van der Waals surface area contributed by atoms with Gasteiger partial charge in [-0.1, -0.05) is 6.07 Å². The summed E-state index contributed by atoms with van der Waals surface area (Å²) in [6.45, 7) is 5.16. The van der Waals surface area contributed by atoms with Gasteiger partial charge in [-0.15, -0.1) is 0 Å². The lowest BCUT2D eigenvalue weighted by atomic mass is 10.1. The van der Waals surface area contributed by atoms with Crippen molar-refractivity contribution in [2.45, 2.75) is 25.9 Å². The van der Waals surface area contributed by atoms with E-state index in [0.717, 1.165) is 12.8 Å². The molecule has 0 atom stereocenters. The van der Waals surface area contributed by atoms with E-state index in [1.165, 1.54) is 6.07 Å². The molecule has 0 bridgehead atoms. The minimum Gasteiger partial charge on any atom is -0.379 e. The number of ether oxygens (including phenoxy) is 2. The number of nitrogens with zero attached hydrogens (tertiary/aromatic N) is 1. The van der Waals surface area contributed by atoms with Crippen molar-refractivity contribution in [2.24, 2.45) is 0 Å². The molecule has 0 aliphatic carbocycles. The lowest BCUT2D eigenvalue weighted by Crippen LogP contribution is -2.41. The molecular weight excluding hydrogens is 272 g/mol. The highest BCUT2D eigenvalue weighted by atomic mass is 16.5.